The van der Waals surface area contributed by atoms with Gasteiger partial charge in [-0.15, -0.1) is 0 Å². The fourth-order valence-electron chi connectivity index (χ4n) is 4.36. The molecule has 0 spiro atoms. The number of nitrogens with one attached hydrogen (secondary N) is 2. The number of carbonyl (C=O) groups excluding carboxylic acids is 1. The molecule has 0 fully saturated rings. The average Bonchev–Trinajstić information content (AvgIpc) is 3.52. The molecule has 5 rings (SSSR count). The van der Waals surface area contributed by atoms with Crippen molar-refractivity contribution in [1.82, 2.24) is 24.7 Å². The number of imidazole rings is 1. The second-order valence-corrected chi connectivity index (χ2v) is 9.36. The van der Waals surface area contributed by atoms with Crippen molar-refractivity contribution in [2.45, 2.75) is 25.7 Å². The summed E-state index contributed by atoms with van der Waals surface area (Å²) < 4.78 is 7.29. The van der Waals surface area contributed by atoms with E-state index in [1.807, 2.05) is 73.2 Å². The number of H-pyrrole nitrogens is 1. The van der Waals surface area contributed by atoms with Gasteiger partial charge in [0.1, 0.15) is 5.75 Å². The van der Waals surface area contributed by atoms with Gasteiger partial charge in [-0.3, -0.25) is 4.79 Å². The van der Waals surface area contributed by atoms with Crippen LogP contribution in [0.15, 0.2) is 67.1 Å². The Hall–Kier alpha value is -4.17. The molecule has 0 unspecified atom stereocenters. The number of aromatic amines is 1. The second-order valence-electron chi connectivity index (χ2n) is 9.36. The van der Waals surface area contributed by atoms with Gasteiger partial charge < -0.3 is 25.2 Å². The Morgan fingerprint density at radius 1 is 1.11 bits per heavy atom. The van der Waals surface area contributed by atoms with Crippen LogP contribution in [0.4, 0.5) is 0 Å². The summed E-state index contributed by atoms with van der Waals surface area (Å²) in [6, 6.07) is 16.0. The predicted octanol–water partition coefficient (Wildman–Crippen LogP) is 3.83. The van der Waals surface area contributed by atoms with Crippen LogP contribution in [0.2, 0.25) is 0 Å². The molecule has 0 atom stereocenters. The minimum atomic E-state index is -0.834. The summed E-state index contributed by atoms with van der Waals surface area (Å²) in [5.41, 5.74) is 11.0. The third kappa shape index (κ3) is 4.31. The topological polar surface area (TPSA) is 110 Å². The van der Waals surface area contributed by atoms with Crippen LogP contribution in [0.1, 0.15) is 30.8 Å². The van der Waals surface area contributed by atoms with Crippen LogP contribution >= 0.6 is 0 Å². The summed E-state index contributed by atoms with van der Waals surface area (Å²) in [6.45, 7) is 4.55. The van der Waals surface area contributed by atoms with E-state index in [2.05, 4.69) is 22.4 Å². The van der Waals surface area contributed by atoms with Crippen molar-refractivity contribution >= 4 is 22.5 Å². The third-order valence-corrected chi connectivity index (χ3v) is 6.56. The first-order valence-corrected chi connectivity index (χ1v) is 12.0. The van der Waals surface area contributed by atoms with Crippen molar-refractivity contribution in [2.24, 2.45) is 5.73 Å². The Morgan fingerprint density at radius 3 is 2.64 bits per heavy atom. The minimum Gasteiger partial charge on any atom is -0.497 e. The highest BCUT2D eigenvalue weighted by atomic mass is 16.5. The monoisotopic (exact) mass is 482 g/mol. The highest BCUT2D eigenvalue weighted by Gasteiger charge is 2.32. The Labute approximate surface area is 209 Å². The predicted molar refractivity (Wildman–Crippen MR) is 141 cm³/mol. The van der Waals surface area contributed by atoms with Crippen molar-refractivity contribution < 1.29 is 9.53 Å². The molecule has 3 heterocycles. The van der Waals surface area contributed by atoms with Gasteiger partial charge in [-0.1, -0.05) is 18.2 Å². The molecular weight excluding hydrogens is 452 g/mol. The summed E-state index contributed by atoms with van der Waals surface area (Å²) in [5.74, 6) is 0.673. The minimum absolute atomic E-state index is 0.113. The lowest BCUT2D eigenvalue weighted by Gasteiger charge is -2.21. The number of nitrogens with zero attached hydrogens (tertiary/aromatic N) is 3. The number of rotatable bonds is 8. The number of ether oxygens (including phenoxy) is 1. The molecule has 2 aromatic carbocycles. The maximum absolute atomic E-state index is 12.9. The number of methoxy groups -OCH3 is 1. The highest BCUT2D eigenvalue weighted by Crippen LogP contribution is 2.29. The van der Waals surface area contributed by atoms with E-state index in [4.69, 9.17) is 20.4 Å². The van der Waals surface area contributed by atoms with Gasteiger partial charge in [-0.05, 0) is 49.7 Å². The summed E-state index contributed by atoms with van der Waals surface area (Å²) in [5, 5.41) is 4.04. The number of para-hydroxylation sites is 1. The van der Waals surface area contributed by atoms with E-state index < -0.39 is 5.41 Å². The summed E-state index contributed by atoms with van der Waals surface area (Å²) in [4.78, 5) is 26.2. The van der Waals surface area contributed by atoms with Gasteiger partial charge in [0, 0.05) is 54.6 Å². The lowest BCUT2D eigenvalue weighted by Crippen LogP contribution is -2.42. The molecule has 8 nitrogen and oxygen atoms in total. The molecule has 0 bridgehead atoms. The smallest absolute Gasteiger partial charge is 0.231 e. The van der Waals surface area contributed by atoms with Gasteiger partial charge in [-0.2, -0.15) is 0 Å². The summed E-state index contributed by atoms with van der Waals surface area (Å²) in [7, 11) is 1.65. The van der Waals surface area contributed by atoms with Crippen LogP contribution < -0.4 is 15.8 Å². The Balaban J connectivity index is 1.63. The average molecular weight is 483 g/mol. The van der Waals surface area contributed by atoms with Gasteiger partial charge in [0.2, 0.25) is 5.91 Å². The quantitative estimate of drug-likeness (QED) is 0.311. The molecule has 0 aliphatic rings. The van der Waals surface area contributed by atoms with E-state index in [0.717, 1.165) is 44.8 Å². The van der Waals surface area contributed by atoms with E-state index in [0.29, 0.717) is 25.2 Å². The number of carbonyl (C=O) groups is 1. The van der Waals surface area contributed by atoms with Gasteiger partial charge in [0.25, 0.3) is 0 Å². The molecule has 3 aromatic heterocycles. The van der Waals surface area contributed by atoms with Crippen LogP contribution in [0.5, 0.6) is 5.75 Å². The van der Waals surface area contributed by atoms with E-state index >= 15 is 0 Å². The van der Waals surface area contributed by atoms with Crippen molar-refractivity contribution in [3.05, 3.63) is 84.1 Å². The largest absolute Gasteiger partial charge is 0.497 e. The highest BCUT2D eigenvalue weighted by molar-refractivity contribution is 5.87. The fourth-order valence-corrected chi connectivity index (χ4v) is 4.36. The van der Waals surface area contributed by atoms with E-state index in [1.165, 1.54) is 0 Å². The number of amides is 1. The van der Waals surface area contributed by atoms with Crippen molar-refractivity contribution in [3.63, 3.8) is 0 Å². The van der Waals surface area contributed by atoms with Crippen molar-refractivity contribution in [3.8, 4) is 17.0 Å². The van der Waals surface area contributed by atoms with Crippen LogP contribution in [-0.2, 0) is 16.6 Å². The van der Waals surface area contributed by atoms with Crippen molar-refractivity contribution in [2.75, 3.05) is 20.2 Å². The zero-order chi connectivity index (χ0) is 25.3. The molecule has 5 aromatic rings. The molecule has 0 saturated carbocycles. The molecule has 0 saturated heterocycles. The molecular formula is C28H30N6O2. The van der Waals surface area contributed by atoms with Gasteiger partial charge in [-0.25, -0.2) is 9.97 Å². The SMILES string of the molecule is COc1ccc(-c2cn3cc(C(C)(C)C(=O)NCCN)nc3c(Cc3c[nH]c4ccccc34)n2)cc1. The molecule has 4 N–H and O–H groups in total. The number of aromatic nitrogens is 4. The Bertz CT molecular complexity index is 1530. The number of benzene rings is 2. The fraction of sp³-hybridized carbons (Fsp3) is 0.250. The molecule has 8 heteroatoms. The number of hydrogen-bond donors (Lipinski definition) is 3. The second kappa shape index (κ2) is 9.47. The Kier molecular flexibility index (Phi) is 6.20. The lowest BCUT2D eigenvalue weighted by molar-refractivity contribution is -0.125. The van der Waals surface area contributed by atoms with E-state index in [1.54, 1.807) is 7.11 Å². The molecule has 0 radical (unpaired) electrons. The van der Waals surface area contributed by atoms with E-state index in [-0.39, 0.29) is 5.91 Å². The van der Waals surface area contributed by atoms with Crippen LogP contribution in [0.25, 0.3) is 27.8 Å². The molecule has 0 aliphatic heterocycles. The molecule has 0 aliphatic carbocycles. The first-order valence-electron chi connectivity index (χ1n) is 12.0. The number of fused-ring (bicyclic) bond motifs is 2. The van der Waals surface area contributed by atoms with Crippen LogP contribution in [0, 0.1) is 0 Å². The van der Waals surface area contributed by atoms with Gasteiger partial charge in [0.05, 0.1) is 29.6 Å². The molecule has 184 valence electrons. The van der Waals surface area contributed by atoms with Crippen molar-refractivity contribution in [1.29, 1.82) is 0 Å². The van der Waals surface area contributed by atoms with Crippen LogP contribution in [-0.4, -0.2) is 45.5 Å². The standard InChI is InChI=1S/C28H30N6O2/c1-28(2,27(35)30-13-12-29)25-17-34-16-24(18-8-10-20(36-3)11-9-18)32-23(26(34)33-25)14-19-15-31-22-7-5-4-6-21(19)22/h4-11,15-17,31H,12-14,29H2,1-3H3,(H,30,35). The van der Waals surface area contributed by atoms with Gasteiger partial charge in [0.15, 0.2) is 5.65 Å². The summed E-state index contributed by atoms with van der Waals surface area (Å²) in [6.07, 6.45) is 6.50. The third-order valence-electron chi connectivity index (χ3n) is 6.56. The zero-order valence-corrected chi connectivity index (χ0v) is 20.7. The number of nitrogens with two attached hydrogens (primary N) is 1. The summed E-state index contributed by atoms with van der Waals surface area (Å²) >= 11 is 0. The maximum atomic E-state index is 12.9. The Morgan fingerprint density at radius 2 is 1.89 bits per heavy atom. The van der Waals surface area contributed by atoms with Gasteiger partial charge >= 0.3 is 0 Å². The lowest BCUT2D eigenvalue weighted by atomic mass is 9.89. The zero-order valence-electron chi connectivity index (χ0n) is 20.7. The van der Waals surface area contributed by atoms with E-state index in [9.17, 15) is 4.79 Å². The van der Waals surface area contributed by atoms with Crippen LogP contribution in [0.3, 0.4) is 0 Å². The maximum Gasteiger partial charge on any atom is 0.231 e. The first-order chi connectivity index (χ1) is 17.4. The molecule has 1 amide bonds. The normalized spacial score (nSPS) is 11.8. The molecule has 36 heavy (non-hydrogen) atoms. The first kappa shape index (κ1) is 23.6. The number of hydrogen-bond acceptors (Lipinski definition) is 5.